The molecule has 7 heteroatoms. The Morgan fingerprint density at radius 1 is 1.23 bits per heavy atom. The van der Waals surface area contributed by atoms with Crippen LogP contribution in [0.25, 0.3) is 0 Å². The number of benzene rings is 1. The highest BCUT2D eigenvalue weighted by atomic mass is 35.5. The minimum atomic E-state index is -0.402. The molecule has 0 aliphatic carbocycles. The molecule has 0 heterocycles. The lowest BCUT2D eigenvalue weighted by Crippen LogP contribution is -2.49. The van der Waals surface area contributed by atoms with Crippen LogP contribution in [-0.2, 0) is 0 Å². The second-order valence-electron chi connectivity index (χ2n) is 7.12. The number of anilines is 1. The van der Waals surface area contributed by atoms with Gasteiger partial charge in [0.25, 0.3) is 0 Å². The zero-order valence-electron chi connectivity index (χ0n) is 13.4. The van der Waals surface area contributed by atoms with E-state index in [1.54, 1.807) is 0 Å². The van der Waals surface area contributed by atoms with E-state index in [0.717, 1.165) is 10.7 Å². The monoisotopic (exact) mass is 364 g/mol. The number of amides is 2. The number of carbonyl (C=O) groups excluding carboxylic acids is 1. The Balaban J connectivity index is 2.90. The summed E-state index contributed by atoms with van der Waals surface area (Å²) in [5, 5.41) is 12.6. The minimum Gasteiger partial charge on any atom is -0.505 e. The summed E-state index contributed by atoms with van der Waals surface area (Å²) in [6.07, 6.45) is 0.796. The smallest absolute Gasteiger partial charge is 0.332 e. The Labute approximate surface area is 147 Å². The molecule has 0 bridgehead atoms. The highest BCUT2D eigenvalue weighted by molar-refractivity contribution is 7.82. The molecule has 0 aliphatic heterocycles. The van der Waals surface area contributed by atoms with Crippen molar-refractivity contribution >= 4 is 47.7 Å². The van der Waals surface area contributed by atoms with E-state index < -0.39 is 11.6 Å². The van der Waals surface area contributed by atoms with Crippen molar-refractivity contribution in [1.29, 1.82) is 0 Å². The molecule has 124 valence electrons. The van der Waals surface area contributed by atoms with E-state index in [9.17, 15) is 9.90 Å². The number of nitrogens with zero attached hydrogens (tertiary/aromatic N) is 1. The third-order valence-electron chi connectivity index (χ3n) is 2.86. The summed E-state index contributed by atoms with van der Waals surface area (Å²) < 4.78 is 1.11. The first kappa shape index (κ1) is 19.3. The van der Waals surface area contributed by atoms with Gasteiger partial charge in [0.1, 0.15) is 0 Å². The minimum absolute atomic E-state index is 0.0586. The topological polar surface area (TPSA) is 52.6 Å². The van der Waals surface area contributed by atoms with Crippen LogP contribution in [0.15, 0.2) is 12.1 Å². The number of hydrogen-bond acceptors (Lipinski definition) is 3. The van der Waals surface area contributed by atoms with Crippen LogP contribution in [-0.4, -0.2) is 16.7 Å². The van der Waals surface area contributed by atoms with Crippen molar-refractivity contribution in [3.8, 4) is 5.75 Å². The molecule has 1 aromatic carbocycles. The summed E-state index contributed by atoms with van der Waals surface area (Å²) in [6.45, 7) is 10.2. The van der Waals surface area contributed by atoms with Gasteiger partial charge in [-0.25, -0.2) is 9.10 Å². The number of carbonyl (C=O) groups is 1. The van der Waals surface area contributed by atoms with Gasteiger partial charge in [0.2, 0.25) is 0 Å². The molecule has 2 amide bonds. The maximum Gasteiger partial charge on any atom is 0.332 e. The second kappa shape index (κ2) is 6.77. The van der Waals surface area contributed by atoms with Gasteiger partial charge in [0.15, 0.2) is 5.75 Å². The van der Waals surface area contributed by atoms with Crippen LogP contribution in [0.5, 0.6) is 5.75 Å². The number of hydrogen-bond donors (Lipinski definition) is 3. The molecular formula is C15H22Cl2N2O2S. The fraction of sp³-hybridized carbons (Fsp3) is 0.533. The number of rotatable bonds is 3. The van der Waals surface area contributed by atoms with Crippen LogP contribution < -0.4 is 9.62 Å². The summed E-state index contributed by atoms with van der Waals surface area (Å²) in [4.78, 5) is 12.3. The van der Waals surface area contributed by atoms with Crippen LogP contribution in [0.1, 0.15) is 41.0 Å². The van der Waals surface area contributed by atoms with Gasteiger partial charge in [0, 0.05) is 5.54 Å². The Morgan fingerprint density at radius 3 is 2.09 bits per heavy atom. The second-order valence-corrected chi connectivity index (χ2v) is 8.34. The van der Waals surface area contributed by atoms with E-state index in [1.807, 2.05) is 13.8 Å². The SMILES string of the molecule is CC(C)(C)CC(C)(C)NC(=O)N(S)c1cc(Cl)c(O)c(Cl)c1. The van der Waals surface area contributed by atoms with Crippen LogP contribution in [0, 0.1) is 5.41 Å². The maximum atomic E-state index is 12.3. The molecule has 0 spiro atoms. The number of urea groups is 1. The lowest BCUT2D eigenvalue weighted by Gasteiger charge is -2.34. The standard InChI is InChI=1S/C15H22Cl2N2O2S/c1-14(2,3)8-15(4,5)18-13(21)19(22)9-6-10(16)12(20)11(17)7-9/h6-7,20,22H,8H2,1-5H3,(H,18,21). The van der Waals surface area contributed by atoms with Crippen molar-refractivity contribution in [2.24, 2.45) is 5.41 Å². The van der Waals surface area contributed by atoms with E-state index in [0.29, 0.717) is 5.69 Å². The Bertz CT molecular complexity index is 548. The van der Waals surface area contributed by atoms with Crippen molar-refractivity contribution in [3.05, 3.63) is 22.2 Å². The van der Waals surface area contributed by atoms with Crippen molar-refractivity contribution in [3.63, 3.8) is 0 Å². The summed E-state index contributed by atoms with van der Waals surface area (Å²) >= 11 is 15.9. The van der Waals surface area contributed by atoms with Gasteiger partial charge in [-0.05, 0) is 37.8 Å². The van der Waals surface area contributed by atoms with Crippen LogP contribution in [0.4, 0.5) is 10.5 Å². The molecule has 1 rings (SSSR count). The third kappa shape index (κ3) is 5.45. The first-order valence-corrected chi connectivity index (χ1v) is 7.97. The number of halogens is 2. The molecule has 2 N–H and O–H groups in total. The van der Waals surface area contributed by atoms with E-state index in [-0.39, 0.29) is 21.2 Å². The van der Waals surface area contributed by atoms with E-state index in [2.05, 4.69) is 38.9 Å². The Kier molecular flexibility index (Phi) is 5.93. The summed E-state index contributed by atoms with van der Waals surface area (Å²) in [5.41, 5.74) is 0.0460. The molecule has 0 saturated heterocycles. The van der Waals surface area contributed by atoms with Gasteiger partial charge in [-0.1, -0.05) is 56.8 Å². The fourth-order valence-corrected chi connectivity index (χ4v) is 3.15. The molecule has 0 fully saturated rings. The van der Waals surface area contributed by atoms with Crippen molar-refractivity contribution in [2.45, 2.75) is 46.6 Å². The Morgan fingerprint density at radius 2 is 1.68 bits per heavy atom. The van der Waals surface area contributed by atoms with Gasteiger partial charge in [-0.3, -0.25) is 0 Å². The maximum absolute atomic E-state index is 12.3. The molecule has 0 unspecified atom stereocenters. The molecule has 0 saturated carbocycles. The van der Waals surface area contributed by atoms with Crippen molar-refractivity contribution in [1.82, 2.24) is 5.32 Å². The average molecular weight is 365 g/mol. The van der Waals surface area contributed by atoms with Gasteiger partial charge in [-0.2, -0.15) is 0 Å². The fourth-order valence-electron chi connectivity index (χ4n) is 2.50. The normalized spacial score (nSPS) is 12.2. The van der Waals surface area contributed by atoms with E-state index in [1.165, 1.54) is 12.1 Å². The lowest BCUT2D eigenvalue weighted by atomic mass is 9.82. The number of phenols is 1. The van der Waals surface area contributed by atoms with Crippen LogP contribution in [0.2, 0.25) is 10.0 Å². The predicted octanol–water partition coefficient (Wildman–Crippen LogP) is 5.27. The zero-order valence-corrected chi connectivity index (χ0v) is 15.8. The first-order chi connectivity index (χ1) is 9.82. The molecule has 1 aromatic rings. The number of thiol groups is 1. The molecular weight excluding hydrogens is 343 g/mol. The summed E-state index contributed by atoms with van der Waals surface area (Å²) in [5.74, 6) is -0.220. The lowest BCUT2D eigenvalue weighted by molar-refractivity contribution is 0.218. The number of nitrogens with one attached hydrogen (secondary N) is 1. The van der Waals surface area contributed by atoms with Crippen LogP contribution >= 0.6 is 36.0 Å². The van der Waals surface area contributed by atoms with Gasteiger partial charge in [-0.15, -0.1) is 0 Å². The Hall–Kier alpha value is -0.780. The summed E-state index contributed by atoms with van der Waals surface area (Å²) in [6, 6.07) is 2.45. The van der Waals surface area contributed by atoms with Gasteiger partial charge >= 0.3 is 6.03 Å². The molecule has 0 radical (unpaired) electrons. The van der Waals surface area contributed by atoms with Crippen molar-refractivity contribution < 1.29 is 9.90 Å². The quantitative estimate of drug-likeness (QED) is 0.639. The zero-order chi connectivity index (χ0) is 17.3. The van der Waals surface area contributed by atoms with Crippen LogP contribution in [0.3, 0.4) is 0 Å². The van der Waals surface area contributed by atoms with Gasteiger partial charge < -0.3 is 10.4 Å². The van der Waals surface area contributed by atoms with E-state index in [4.69, 9.17) is 23.2 Å². The molecule has 4 nitrogen and oxygen atoms in total. The molecule has 22 heavy (non-hydrogen) atoms. The largest absolute Gasteiger partial charge is 0.505 e. The highest BCUT2D eigenvalue weighted by Crippen LogP contribution is 2.36. The number of aromatic hydroxyl groups is 1. The molecule has 0 aromatic heterocycles. The molecule has 0 atom stereocenters. The average Bonchev–Trinajstić information content (AvgIpc) is 2.30. The predicted molar refractivity (Wildman–Crippen MR) is 96.3 cm³/mol. The third-order valence-corrected chi connectivity index (χ3v) is 3.85. The summed E-state index contributed by atoms with van der Waals surface area (Å²) in [7, 11) is 0. The number of phenolic OH excluding ortho intramolecular Hbond substituents is 1. The first-order valence-electron chi connectivity index (χ1n) is 6.81. The van der Waals surface area contributed by atoms with E-state index >= 15 is 0 Å². The van der Waals surface area contributed by atoms with Gasteiger partial charge in [0.05, 0.1) is 15.7 Å². The molecule has 0 aliphatic rings. The highest BCUT2D eigenvalue weighted by Gasteiger charge is 2.29. The van der Waals surface area contributed by atoms with Crippen molar-refractivity contribution in [2.75, 3.05) is 4.31 Å².